The molecule has 0 radical (unpaired) electrons. The van der Waals surface area contributed by atoms with Crippen molar-refractivity contribution < 1.29 is 9.59 Å². The van der Waals surface area contributed by atoms with E-state index in [0.29, 0.717) is 6.54 Å². The Labute approximate surface area is 110 Å². The number of hydrogen-bond acceptors (Lipinski definition) is 2. The van der Waals surface area contributed by atoms with Gasteiger partial charge in [-0.1, -0.05) is 41.5 Å². The van der Waals surface area contributed by atoms with Gasteiger partial charge in [0.1, 0.15) is 12.1 Å². The molecule has 0 spiro atoms. The van der Waals surface area contributed by atoms with Crippen LogP contribution >= 0.6 is 0 Å². The van der Waals surface area contributed by atoms with Crippen molar-refractivity contribution in [3.05, 3.63) is 0 Å². The number of carbonyl (C=O) groups excluding carboxylic acids is 2. The Morgan fingerprint density at radius 2 is 1.61 bits per heavy atom. The number of carbonyl (C=O) groups is 2. The molecule has 1 aliphatic rings. The molecule has 0 aliphatic carbocycles. The van der Waals surface area contributed by atoms with E-state index in [-0.39, 0.29) is 28.7 Å². The van der Waals surface area contributed by atoms with E-state index in [4.69, 9.17) is 0 Å². The zero-order valence-electron chi connectivity index (χ0n) is 12.6. The average Bonchev–Trinajstić information content (AvgIpc) is 2.15. The second kappa shape index (κ2) is 4.56. The number of hydrogen-bond donors (Lipinski definition) is 1. The molecule has 1 rings (SSSR count). The van der Waals surface area contributed by atoms with Gasteiger partial charge in [-0.15, -0.1) is 0 Å². The van der Waals surface area contributed by atoms with Crippen LogP contribution < -0.4 is 5.32 Å². The molecule has 2 atom stereocenters. The van der Waals surface area contributed by atoms with Crippen LogP contribution in [0, 0.1) is 10.8 Å². The molecule has 1 fully saturated rings. The summed E-state index contributed by atoms with van der Waals surface area (Å²) in [6.07, 6.45) is 0. The SMILES string of the molecule is CC1C(=O)NC(C(C)(C)C)C(=O)N1CC(C)(C)C. The van der Waals surface area contributed by atoms with Crippen molar-refractivity contribution in [2.24, 2.45) is 10.8 Å². The summed E-state index contributed by atoms with van der Waals surface area (Å²) in [4.78, 5) is 26.2. The fourth-order valence-corrected chi connectivity index (χ4v) is 2.14. The maximum absolute atomic E-state index is 12.5. The summed E-state index contributed by atoms with van der Waals surface area (Å²) in [7, 11) is 0. The van der Waals surface area contributed by atoms with E-state index >= 15 is 0 Å². The van der Waals surface area contributed by atoms with Crippen LogP contribution in [0.1, 0.15) is 48.5 Å². The molecular weight excluding hydrogens is 228 g/mol. The van der Waals surface area contributed by atoms with E-state index in [2.05, 4.69) is 26.1 Å². The normalized spacial score (nSPS) is 26.3. The first-order chi connectivity index (χ1) is 7.93. The van der Waals surface area contributed by atoms with Gasteiger partial charge in [0.25, 0.3) is 0 Å². The number of nitrogens with zero attached hydrogens (tertiary/aromatic N) is 1. The summed E-state index contributed by atoms with van der Waals surface area (Å²) in [5.41, 5.74) is -0.271. The van der Waals surface area contributed by atoms with Crippen molar-refractivity contribution in [3.63, 3.8) is 0 Å². The van der Waals surface area contributed by atoms with Crippen molar-refractivity contribution >= 4 is 11.8 Å². The number of rotatable bonds is 1. The van der Waals surface area contributed by atoms with E-state index in [9.17, 15) is 9.59 Å². The first-order valence-electron chi connectivity index (χ1n) is 6.54. The van der Waals surface area contributed by atoms with Crippen LogP contribution in [-0.4, -0.2) is 35.3 Å². The molecule has 2 unspecified atom stereocenters. The molecule has 18 heavy (non-hydrogen) atoms. The van der Waals surface area contributed by atoms with Crippen LogP contribution in [0.2, 0.25) is 0 Å². The van der Waals surface area contributed by atoms with E-state index in [1.54, 1.807) is 11.8 Å². The average molecular weight is 254 g/mol. The maximum Gasteiger partial charge on any atom is 0.246 e. The van der Waals surface area contributed by atoms with Gasteiger partial charge in [0.05, 0.1) is 0 Å². The molecule has 4 nitrogen and oxygen atoms in total. The number of nitrogens with one attached hydrogen (secondary N) is 1. The van der Waals surface area contributed by atoms with Gasteiger partial charge in [-0.3, -0.25) is 9.59 Å². The van der Waals surface area contributed by atoms with Gasteiger partial charge in [-0.05, 0) is 17.8 Å². The summed E-state index contributed by atoms with van der Waals surface area (Å²) < 4.78 is 0. The Bertz CT molecular complexity index is 350. The molecule has 4 heteroatoms. The second-order valence-electron chi connectivity index (χ2n) is 7.51. The largest absolute Gasteiger partial charge is 0.342 e. The predicted octanol–water partition coefficient (Wildman–Crippen LogP) is 1.79. The molecule has 2 amide bonds. The zero-order chi connectivity index (χ0) is 14.3. The quantitative estimate of drug-likeness (QED) is 0.775. The molecule has 1 aliphatic heterocycles. The molecule has 104 valence electrons. The van der Waals surface area contributed by atoms with Gasteiger partial charge in [0.15, 0.2) is 0 Å². The third-order valence-corrected chi connectivity index (χ3v) is 3.17. The zero-order valence-corrected chi connectivity index (χ0v) is 12.6. The smallest absolute Gasteiger partial charge is 0.246 e. The molecule has 0 aromatic carbocycles. The monoisotopic (exact) mass is 254 g/mol. The summed E-state index contributed by atoms with van der Waals surface area (Å²) in [6.45, 7) is 14.5. The van der Waals surface area contributed by atoms with Gasteiger partial charge in [-0.2, -0.15) is 0 Å². The highest BCUT2D eigenvalue weighted by Crippen LogP contribution is 2.27. The van der Waals surface area contributed by atoms with Crippen LogP contribution in [0.25, 0.3) is 0 Å². The van der Waals surface area contributed by atoms with Gasteiger partial charge >= 0.3 is 0 Å². The first kappa shape index (κ1) is 15.0. The van der Waals surface area contributed by atoms with Crippen molar-refractivity contribution in [3.8, 4) is 0 Å². The minimum absolute atomic E-state index is 0.00995. The van der Waals surface area contributed by atoms with Crippen LogP contribution in [0.5, 0.6) is 0 Å². The van der Waals surface area contributed by atoms with Gasteiger partial charge < -0.3 is 10.2 Å². The summed E-state index contributed by atoms with van der Waals surface area (Å²) in [5.74, 6) is -0.0247. The topological polar surface area (TPSA) is 49.4 Å². The molecule has 1 saturated heterocycles. The van der Waals surface area contributed by atoms with Crippen LogP contribution in [0.3, 0.4) is 0 Å². The Balaban J connectivity index is 3.00. The molecule has 0 aromatic rings. The minimum atomic E-state index is -0.427. The lowest BCUT2D eigenvalue weighted by Crippen LogP contribution is -2.66. The summed E-state index contributed by atoms with van der Waals surface area (Å²) in [6, 6.07) is -0.807. The Morgan fingerprint density at radius 1 is 1.11 bits per heavy atom. The van der Waals surface area contributed by atoms with E-state index < -0.39 is 6.04 Å². The lowest BCUT2D eigenvalue weighted by atomic mass is 9.83. The van der Waals surface area contributed by atoms with E-state index in [1.165, 1.54) is 0 Å². The van der Waals surface area contributed by atoms with Crippen LogP contribution in [-0.2, 0) is 9.59 Å². The highest BCUT2D eigenvalue weighted by molar-refractivity contribution is 5.97. The summed E-state index contributed by atoms with van der Waals surface area (Å²) >= 11 is 0. The highest BCUT2D eigenvalue weighted by Gasteiger charge is 2.44. The Morgan fingerprint density at radius 3 is 2.00 bits per heavy atom. The van der Waals surface area contributed by atoms with Gasteiger partial charge in [-0.25, -0.2) is 0 Å². The van der Waals surface area contributed by atoms with E-state index in [1.807, 2.05) is 20.8 Å². The summed E-state index contributed by atoms with van der Waals surface area (Å²) in [5, 5.41) is 2.84. The molecular formula is C14H26N2O2. The standard InChI is InChI=1S/C14H26N2O2/c1-9-11(17)15-10(14(5,6)7)12(18)16(9)8-13(2,3)4/h9-10H,8H2,1-7H3,(H,15,17). The molecule has 0 bridgehead atoms. The van der Waals surface area contributed by atoms with Crippen LogP contribution in [0.4, 0.5) is 0 Å². The molecule has 0 saturated carbocycles. The van der Waals surface area contributed by atoms with Gasteiger partial charge in [0, 0.05) is 6.54 Å². The third-order valence-electron chi connectivity index (χ3n) is 3.17. The van der Waals surface area contributed by atoms with Gasteiger partial charge in [0.2, 0.25) is 11.8 Å². The maximum atomic E-state index is 12.5. The third kappa shape index (κ3) is 3.24. The number of amides is 2. The van der Waals surface area contributed by atoms with Crippen molar-refractivity contribution in [2.45, 2.75) is 60.5 Å². The lowest BCUT2D eigenvalue weighted by Gasteiger charge is -2.44. The first-order valence-corrected chi connectivity index (χ1v) is 6.54. The lowest BCUT2D eigenvalue weighted by molar-refractivity contribution is -0.153. The Hall–Kier alpha value is -1.06. The van der Waals surface area contributed by atoms with E-state index in [0.717, 1.165) is 0 Å². The Kier molecular flexibility index (Phi) is 3.80. The highest BCUT2D eigenvalue weighted by atomic mass is 16.2. The van der Waals surface area contributed by atoms with Crippen LogP contribution in [0.15, 0.2) is 0 Å². The van der Waals surface area contributed by atoms with Crippen molar-refractivity contribution in [2.75, 3.05) is 6.54 Å². The van der Waals surface area contributed by atoms with Crippen molar-refractivity contribution in [1.82, 2.24) is 10.2 Å². The fourth-order valence-electron chi connectivity index (χ4n) is 2.14. The van der Waals surface area contributed by atoms with Crippen molar-refractivity contribution in [1.29, 1.82) is 0 Å². The molecule has 1 heterocycles. The predicted molar refractivity (Wildman–Crippen MR) is 72.0 cm³/mol. The molecule has 1 N–H and O–H groups in total. The number of piperazine rings is 1. The minimum Gasteiger partial charge on any atom is -0.342 e. The fraction of sp³-hybridized carbons (Fsp3) is 0.857. The molecule has 0 aromatic heterocycles. The second-order valence-corrected chi connectivity index (χ2v) is 7.51.